The van der Waals surface area contributed by atoms with Gasteiger partial charge in [-0.2, -0.15) is 0 Å². The van der Waals surface area contributed by atoms with E-state index in [0.29, 0.717) is 5.56 Å². The van der Waals surface area contributed by atoms with E-state index in [9.17, 15) is 5.11 Å². The van der Waals surface area contributed by atoms with E-state index in [2.05, 4.69) is 155 Å². The van der Waals surface area contributed by atoms with Crippen LogP contribution in [-0.2, 0) is 42.8 Å². The number of rotatable bonds is 4. The van der Waals surface area contributed by atoms with Gasteiger partial charge in [0.15, 0.2) is 0 Å². The van der Waals surface area contributed by atoms with E-state index in [4.69, 9.17) is 15.0 Å². The topological polar surface area (TPSA) is 63.8 Å². The molecule has 0 amide bonds. The van der Waals surface area contributed by atoms with Crippen LogP contribution in [0.15, 0.2) is 91.3 Å². The number of phenolic OH excluding ortho intramolecular Hbond substituents is 1. The van der Waals surface area contributed by atoms with Crippen LogP contribution in [0.2, 0.25) is 0 Å². The number of fused-ring (bicyclic) bond motifs is 2. The van der Waals surface area contributed by atoms with Crippen molar-refractivity contribution < 1.29 is 26.2 Å². The molecule has 0 fully saturated rings. The number of aromatic nitrogens is 4. The van der Waals surface area contributed by atoms with Gasteiger partial charge in [0, 0.05) is 44.5 Å². The first-order chi connectivity index (χ1) is 25.6. The first-order valence-electron chi connectivity index (χ1n) is 19.4. The number of imidazole rings is 1. The molecule has 0 aliphatic heterocycles. The standard InChI is InChI=1S/C50H55N4O.Pt/c1-30-19-21-52-44-37(30)28-36(49(8,9)10)29-39(44)32-22-31(23-35(24-32)48(5,6)7)38-25-33(41-16-14-15-20-51-41)26-42-45(38)53-46(54(42)50(11,12)13)40-27-34(47(2,3)4)17-18-43(40)55;/h14-21,23-29,55H,1-13H3;/q-1;. The first kappa shape index (κ1) is 41.0. The van der Waals surface area contributed by atoms with Gasteiger partial charge in [0.2, 0.25) is 0 Å². The van der Waals surface area contributed by atoms with Crippen molar-refractivity contribution in [1.82, 2.24) is 19.5 Å². The Bertz CT molecular complexity index is 2590. The van der Waals surface area contributed by atoms with Crippen LogP contribution in [-0.4, -0.2) is 24.6 Å². The summed E-state index contributed by atoms with van der Waals surface area (Å²) in [7, 11) is 0. The monoisotopic (exact) mass is 922 g/mol. The van der Waals surface area contributed by atoms with Gasteiger partial charge < -0.3 is 9.67 Å². The Morgan fingerprint density at radius 2 is 1.20 bits per heavy atom. The molecule has 0 bridgehead atoms. The molecule has 1 N–H and O–H groups in total. The molecule has 56 heavy (non-hydrogen) atoms. The van der Waals surface area contributed by atoms with Crippen LogP contribution in [0.3, 0.4) is 0 Å². The second-order valence-corrected chi connectivity index (χ2v) is 19.3. The maximum absolute atomic E-state index is 11.5. The molecule has 0 saturated carbocycles. The fraction of sp³-hybridized carbons (Fsp3) is 0.340. The Morgan fingerprint density at radius 3 is 1.79 bits per heavy atom. The predicted octanol–water partition coefficient (Wildman–Crippen LogP) is 13.1. The van der Waals surface area contributed by atoms with E-state index in [1.165, 1.54) is 16.7 Å². The van der Waals surface area contributed by atoms with Gasteiger partial charge in [0.1, 0.15) is 11.6 Å². The Morgan fingerprint density at radius 1 is 0.589 bits per heavy atom. The van der Waals surface area contributed by atoms with Crippen LogP contribution in [0.25, 0.3) is 66.8 Å². The quantitative estimate of drug-likeness (QED) is 0.179. The molecule has 0 aliphatic rings. The maximum Gasteiger partial charge on any atom is 0.144 e. The van der Waals surface area contributed by atoms with Crippen molar-refractivity contribution in [2.45, 2.75) is 112 Å². The van der Waals surface area contributed by atoms with Crippen LogP contribution in [0, 0.1) is 13.0 Å². The number of benzene rings is 4. The third-order valence-corrected chi connectivity index (χ3v) is 10.7. The number of phenols is 1. The van der Waals surface area contributed by atoms with Crippen molar-refractivity contribution >= 4 is 21.9 Å². The molecule has 6 heteroatoms. The molecule has 3 heterocycles. The molecule has 4 aromatic carbocycles. The summed E-state index contributed by atoms with van der Waals surface area (Å²) in [5.74, 6) is 0.929. The van der Waals surface area contributed by atoms with Crippen molar-refractivity contribution in [3.63, 3.8) is 0 Å². The maximum atomic E-state index is 11.5. The zero-order valence-electron chi connectivity index (χ0n) is 35.2. The van der Waals surface area contributed by atoms with E-state index in [-0.39, 0.29) is 48.6 Å². The predicted molar refractivity (Wildman–Crippen MR) is 231 cm³/mol. The summed E-state index contributed by atoms with van der Waals surface area (Å²) in [6.07, 6.45) is 3.76. The Kier molecular flexibility index (Phi) is 10.6. The molecule has 0 unspecified atom stereocenters. The molecule has 7 aromatic rings. The molecule has 0 saturated heterocycles. The molecule has 0 atom stereocenters. The van der Waals surface area contributed by atoms with Crippen molar-refractivity contribution in [1.29, 1.82) is 0 Å². The van der Waals surface area contributed by atoms with Gasteiger partial charge in [0.25, 0.3) is 0 Å². The van der Waals surface area contributed by atoms with E-state index >= 15 is 0 Å². The van der Waals surface area contributed by atoms with Crippen molar-refractivity contribution in [3.8, 4) is 50.6 Å². The van der Waals surface area contributed by atoms with Crippen LogP contribution >= 0.6 is 0 Å². The summed E-state index contributed by atoms with van der Waals surface area (Å²) in [6, 6.07) is 31.6. The summed E-state index contributed by atoms with van der Waals surface area (Å²) in [6.45, 7) is 28.9. The molecule has 0 spiro atoms. The molecular formula is C50H55N4OPt-. The van der Waals surface area contributed by atoms with Crippen molar-refractivity contribution in [2.75, 3.05) is 0 Å². The third kappa shape index (κ3) is 7.72. The molecule has 292 valence electrons. The molecule has 7 rings (SSSR count). The number of nitrogens with zero attached hydrogens (tertiary/aromatic N) is 4. The van der Waals surface area contributed by atoms with Gasteiger partial charge in [-0.1, -0.05) is 104 Å². The van der Waals surface area contributed by atoms with E-state index in [1.807, 2.05) is 30.6 Å². The van der Waals surface area contributed by atoms with E-state index in [1.54, 1.807) is 6.07 Å². The fourth-order valence-corrected chi connectivity index (χ4v) is 7.42. The minimum Gasteiger partial charge on any atom is -0.507 e. The summed E-state index contributed by atoms with van der Waals surface area (Å²) >= 11 is 0. The van der Waals surface area contributed by atoms with Crippen LogP contribution in [0.5, 0.6) is 5.75 Å². The van der Waals surface area contributed by atoms with Crippen LogP contribution < -0.4 is 0 Å². The summed E-state index contributed by atoms with van der Waals surface area (Å²) in [4.78, 5) is 15.3. The molecule has 3 aromatic heterocycles. The van der Waals surface area contributed by atoms with E-state index < -0.39 is 0 Å². The van der Waals surface area contributed by atoms with Gasteiger partial charge >= 0.3 is 0 Å². The van der Waals surface area contributed by atoms with Crippen molar-refractivity contribution in [2.24, 2.45) is 0 Å². The van der Waals surface area contributed by atoms with Gasteiger partial charge in [-0.25, -0.2) is 4.98 Å². The second kappa shape index (κ2) is 14.4. The Hall–Kier alpha value is -4.60. The smallest absolute Gasteiger partial charge is 0.144 e. The SMILES string of the molecule is Cc1ccnc2c(-c3[c-]c(-c4cc(-c5ccccn5)cc5c4nc(-c4cc(C(C)(C)C)ccc4O)n5C(C)(C)C)cc(C(C)(C)C)c3)cc(C(C)(C)C)cc12.[Pt]. The number of hydrogen-bond acceptors (Lipinski definition) is 4. The number of aryl methyl sites for hydroxylation is 1. The van der Waals surface area contributed by atoms with E-state index in [0.717, 1.165) is 66.8 Å². The Balaban J connectivity index is 0.00000532. The number of hydrogen-bond donors (Lipinski definition) is 1. The van der Waals surface area contributed by atoms with Gasteiger partial charge in [-0.15, -0.1) is 34.9 Å². The van der Waals surface area contributed by atoms with Crippen molar-refractivity contribution in [3.05, 3.63) is 120 Å². The molecular weight excluding hydrogens is 868 g/mol. The number of pyridine rings is 2. The molecule has 5 nitrogen and oxygen atoms in total. The summed E-state index contributed by atoms with van der Waals surface area (Å²) < 4.78 is 2.28. The minimum absolute atomic E-state index is 0. The third-order valence-electron chi connectivity index (χ3n) is 10.7. The fourth-order valence-electron chi connectivity index (χ4n) is 7.42. The zero-order valence-corrected chi connectivity index (χ0v) is 37.5. The van der Waals surface area contributed by atoms with Gasteiger partial charge in [-0.05, 0) is 108 Å². The average Bonchev–Trinajstić information content (AvgIpc) is 3.50. The first-order valence-corrected chi connectivity index (χ1v) is 19.4. The minimum atomic E-state index is -0.383. The van der Waals surface area contributed by atoms with Gasteiger partial charge in [0.05, 0.1) is 22.3 Å². The van der Waals surface area contributed by atoms with Gasteiger partial charge in [-0.3, -0.25) is 9.97 Å². The van der Waals surface area contributed by atoms with Crippen LogP contribution in [0.4, 0.5) is 0 Å². The second-order valence-electron chi connectivity index (χ2n) is 19.3. The largest absolute Gasteiger partial charge is 0.507 e. The summed E-state index contributed by atoms with van der Waals surface area (Å²) in [5, 5.41) is 12.6. The zero-order chi connectivity index (χ0) is 39.8. The Labute approximate surface area is 347 Å². The molecule has 0 radical (unpaired) electrons. The number of aromatic hydroxyl groups is 1. The normalized spacial score (nSPS) is 12.7. The average molecular weight is 923 g/mol. The molecule has 0 aliphatic carbocycles. The summed E-state index contributed by atoms with van der Waals surface area (Å²) in [5.41, 5.74) is 13.4. The van der Waals surface area contributed by atoms with Crippen LogP contribution in [0.1, 0.15) is 105 Å².